The van der Waals surface area contributed by atoms with Crippen molar-refractivity contribution in [3.05, 3.63) is 53.6 Å². The fourth-order valence-electron chi connectivity index (χ4n) is 4.77. The largest absolute Gasteiger partial charge is 0.494 e. The number of hydrogen-bond donors (Lipinski definition) is 1. The maximum atomic E-state index is 12.6. The monoisotopic (exact) mass is 423 g/mol. The van der Waals surface area contributed by atoms with E-state index in [2.05, 4.69) is 23.5 Å². The Morgan fingerprint density at radius 1 is 1.06 bits per heavy atom. The van der Waals surface area contributed by atoms with Gasteiger partial charge in [0.1, 0.15) is 5.75 Å². The number of rotatable bonds is 8. The van der Waals surface area contributed by atoms with Crippen molar-refractivity contribution in [2.24, 2.45) is 5.92 Å². The third-order valence-electron chi connectivity index (χ3n) is 6.41. The molecule has 1 heterocycles. The van der Waals surface area contributed by atoms with E-state index in [-0.39, 0.29) is 23.8 Å². The van der Waals surface area contributed by atoms with E-state index in [9.17, 15) is 4.79 Å². The summed E-state index contributed by atoms with van der Waals surface area (Å²) in [4.78, 5) is 12.6. The van der Waals surface area contributed by atoms with Crippen LogP contribution < -0.4 is 19.5 Å². The minimum atomic E-state index is -0.0584. The lowest BCUT2D eigenvalue weighted by molar-refractivity contribution is -0.126. The number of benzene rings is 2. The molecule has 1 aliphatic carbocycles. The first-order valence-electron chi connectivity index (χ1n) is 11.5. The van der Waals surface area contributed by atoms with Gasteiger partial charge in [-0.1, -0.05) is 18.2 Å². The number of carbonyl (C=O) groups excluding carboxylic acids is 1. The van der Waals surface area contributed by atoms with Crippen molar-refractivity contribution < 1.29 is 19.0 Å². The molecular formula is C26H33NO4. The summed E-state index contributed by atoms with van der Waals surface area (Å²) in [7, 11) is 1.68. The second-order valence-corrected chi connectivity index (χ2v) is 8.59. The van der Waals surface area contributed by atoms with Crippen LogP contribution in [0.2, 0.25) is 0 Å². The molecule has 31 heavy (non-hydrogen) atoms. The maximum absolute atomic E-state index is 12.6. The summed E-state index contributed by atoms with van der Waals surface area (Å²) >= 11 is 0. The Kier molecular flexibility index (Phi) is 7.00. The van der Waals surface area contributed by atoms with Gasteiger partial charge in [-0.15, -0.1) is 0 Å². The Morgan fingerprint density at radius 2 is 1.90 bits per heavy atom. The molecule has 1 saturated heterocycles. The van der Waals surface area contributed by atoms with Crippen molar-refractivity contribution in [1.82, 2.24) is 5.32 Å². The van der Waals surface area contributed by atoms with Crippen molar-refractivity contribution in [3.8, 4) is 17.2 Å². The van der Waals surface area contributed by atoms with Crippen molar-refractivity contribution in [2.75, 3.05) is 20.3 Å². The van der Waals surface area contributed by atoms with E-state index >= 15 is 0 Å². The summed E-state index contributed by atoms with van der Waals surface area (Å²) in [5.74, 6) is 2.79. The highest BCUT2D eigenvalue weighted by molar-refractivity contribution is 5.80. The molecule has 4 rings (SSSR count). The van der Waals surface area contributed by atoms with Gasteiger partial charge in [0.25, 0.3) is 0 Å². The second kappa shape index (κ2) is 10.1. The van der Waals surface area contributed by atoms with Crippen molar-refractivity contribution in [2.45, 2.75) is 57.5 Å². The molecule has 5 nitrogen and oxygen atoms in total. The number of hydrogen-bond acceptors (Lipinski definition) is 4. The van der Waals surface area contributed by atoms with E-state index in [4.69, 9.17) is 14.2 Å². The van der Waals surface area contributed by atoms with Crippen LogP contribution in [0.4, 0.5) is 0 Å². The Labute approximate surface area is 185 Å². The average molecular weight is 424 g/mol. The molecular weight excluding hydrogens is 390 g/mol. The Balaban J connectivity index is 1.48. The van der Waals surface area contributed by atoms with Crippen LogP contribution in [-0.4, -0.2) is 32.3 Å². The summed E-state index contributed by atoms with van der Waals surface area (Å²) in [6.07, 6.45) is 6.48. The number of carbonyl (C=O) groups is 1. The van der Waals surface area contributed by atoms with Crippen LogP contribution >= 0.6 is 0 Å². The number of piperidine rings is 1. The van der Waals surface area contributed by atoms with Gasteiger partial charge in [-0.2, -0.15) is 0 Å². The minimum absolute atomic E-state index is 0.0584. The molecule has 1 N–H and O–H groups in total. The van der Waals surface area contributed by atoms with Gasteiger partial charge in [0.2, 0.25) is 5.91 Å². The fraction of sp³-hybridized carbons (Fsp3) is 0.500. The Morgan fingerprint density at radius 3 is 2.68 bits per heavy atom. The van der Waals surface area contributed by atoms with Gasteiger partial charge >= 0.3 is 0 Å². The molecule has 2 aliphatic rings. The van der Waals surface area contributed by atoms with E-state index in [0.29, 0.717) is 19.6 Å². The molecule has 1 amide bonds. The van der Waals surface area contributed by atoms with E-state index < -0.39 is 0 Å². The summed E-state index contributed by atoms with van der Waals surface area (Å²) in [5, 5.41) is 3.12. The molecule has 2 atom stereocenters. The van der Waals surface area contributed by atoms with Gasteiger partial charge in [-0.3, -0.25) is 4.79 Å². The lowest BCUT2D eigenvalue weighted by atomic mass is 9.82. The lowest BCUT2D eigenvalue weighted by Crippen LogP contribution is -2.41. The second-order valence-electron chi connectivity index (χ2n) is 8.59. The van der Waals surface area contributed by atoms with Crippen LogP contribution in [0.5, 0.6) is 17.2 Å². The molecule has 0 aromatic heterocycles. The van der Waals surface area contributed by atoms with E-state index in [1.165, 1.54) is 18.4 Å². The third-order valence-corrected chi connectivity index (χ3v) is 6.41. The lowest BCUT2D eigenvalue weighted by Gasteiger charge is -2.30. The molecule has 2 fully saturated rings. The Bertz CT molecular complexity index is 891. The summed E-state index contributed by atoms with van der Waals surface area (Å²) < 4.78 is 17.4. The van der Waals surface area contributed by atoms with E-state index in [0.717, 1.165) is 42.1 Å². The van der Waals surface area contributed by atoms with Gasteiger partial charge in [0.15, 0.2) is 11.5 Å². The van der Waals surface area contributed by atoms with Gasteiger partial charge < -0.3 is 19.5 Å². The zero-order valence-electron chi connectivity index (χ0n) is 18.6. The number of nitrogens with one attached hydrogen (secondary N) is 1. The first-order chi connectivity index (χ1) is 15.2. The van der Waals surface area contributed by atoms with Crippen LogP contribution in [-0.2, 0) is 11.2 Å². The zero-order chi connectivity index (χ0) is 21.6. The molecule has 0 spiro atoms. The normalized spacial score (nSPS) is 21.5. The predicted molar refractivity (Wildman–Crippen MR) is 121 cm³/mol. The first-order valence-corrected chi connectivity index (χ1v) is 11.5. The highest BCUT2D eigenvalue weighted by atomic mass is 16.5. The highest BCUT2D eigenvalue weighted by Gasteiger charge is 2.30. The van der Waals surface area contributed by atoms with Crippen molar-refractivity contribution >= 4 is 5.91 Å². The molecule has 2 aromatic carbocycles. The van der Waals surface area contributed by atoms with Crippen LogP contribution in [0.15, 0.2) is 42.5 Å². The number of ether oxygens (including phenoxy) is 3. The molecule has 2 aromatic rings. The SMILES string of the molecule is CCOc1cccc(C[C@@H]2C[C@@H](c3ccc(OC)c(OC4CCCC4)c3)CNC2=O)c1. The summed E-state index contributed by atoms with van der Waals surface area (Å²) in [6, 6.07) is 14.3. The van der Waals surface area contributed by atoms with Crippen molar-refractivity contribution in [3.63, 3.8) is 0 Å². The molecule has 0 radical (unpaired) electrons. The fourth-order valence-corrected chi connectivity index (χ4v) is 4.77. The molecule has 0 unspecified atom stereocenters. The zero-order valence-corrected chi connectivity index (χ0v) is 18.6. The topological polar surface area (TPSA) is 56.8 Å². The standard InChI is InChI=1S/C26H33NO4/c1-3-30-23-10-6-7-18(14-23)13-20-15-21(17-27-26(20)28)19-11-12-24(29-2)25(16-19)31-22-8-4-5-9-22/h6-7,10-12,14,16,20-22H,3-5,8-9,13,15,17H2,1-2H3,(H,27,28)/t20-,21-/m1/s1. The average Bonchev–Trinajstić information content (AvgIpc) is 3.29. The van der Waals surface area contributed by atoms with Crippen LogP contribution in [0.1, 0.15) is 56.1 Å². The van der Waals surface area contributed by atoms with Gasteiger partial charge in [-0.25, -0.2) is 0 Å². The minimum Gasteiger partial charge on any atom is -0.494 e. The third kappa shape index (κ3) is 5.33. The highest BCUT2D eigenvalue weighted by Crippen LogP contribution is 2.37. The smallest absolute Gasteiger partial charge is 0.223 e. The number of amides is 1. The molecule has 166 valence electrons. The molecule has 1 aliphatic heterocycles. The first kappa shape index (κ1) is 21.5. The van der Waals surface area contributed by atoms with Crippen LogP contribution in [0.25, 0.3) is 0 Å². The van der Waals surface area contributed by atoms with E-state index in [1.807, 2.05) is 31.2 Å². The van der Waals surface area contributed by atoms with Crippen LogP contribution in [0.3, 0.4) is 0 Å². The quantitative estimate of drug-likeness (QED) is 0.658. The predicted octanol–water partition coefficient (Wildman–Crippen LogP) is 4.88. The summed E-state index contributed by atoms with van der Waals surface area (Å²) in [5.41, 5.74) is 2.33. The maximum Gasteiger partial charge on any atom is 0.223 e. The van der Waals surface area contributed by atoms with Crippen molar-refractivity contribution in [1.29, 1.82) is 0 Å². The summed E-state index contributed by atoms with van der Waals surface area (Å²) in [6.45, 7) is 3.27. The van der Waals surface area contributed by atoms with Gasteiger partial charge in [-0.05, 0) is 80.8 Å². The molecule has 0 bridgehead atoms. The van der Waals surface area contributed by atoms with Crippen LogP contribution in [0, 0.1) is 5.92 Å². The number of methoxy groups -OCH3 is 1. The van der Waals surface area contributed by atoms with E-state index in [1.54, 1.807) is 7.11 Å². The molecule has 1 saturated carbocycles. The molecule has 5 heteroatoms. The van der Waals surface area contributed by atoms with Gasteiger partial charge in [0.05, 0.1) is 19.8 Å². The van der Waals surface area contributed by atoms with Gasteiger partial charge in [0, 0.05) is 18.4 Å². The Hall–Kier alpha value is -2.69.